The van der Waals surface area contributed by atoms with Gasteiger partial charge in [-0.1, -0.05) is 25.7 Å². The maximum absolute atomic E-state index is 12.7. The quantitative estimate of drug-likeness (QED) is 0.311. The molecule has 0 aromatic carbocycles. The van der Waals surface area contributed by atoms with Gasteiger partial charge in [0.25, 0.3) is 0 Å². The first-order chi connectivity index (χ1) is 13.1. The highest BCUT2D eigenvalue weighted by Gasteiger charge is 2.25. The predicted molar refractivity (Wildman–Crippen MR) is 110 cm³/mol. The molecule has 0 aromatic heterocycles. The summed E-state index contributed by atoms with van der Waals surface area (Å²) in [6.45, 7) is 6.17. The van der Waals surface area contributed by atoms with Crippen molar-refractivity contribution in [2.24, 2.45) is 11.8 Å². The first kappa shape index (κ1) is 26.4. The summed E-state index contributed by atoms with van der Waals surface area (Å²) in [7, 11) is 0. The van der Waals surface area contributed by atoms with Crippen molar-refractivity contribution in [3.8, 4) is 0 Å². The maximum atomic E-state index is 12.7. The average Bonchev–Trinajstić information content (AvgIpc) is 2.57. The van der Waals surface area contributed by atoms with E-state index in [2.05, 4.69) is 0 Å². The molecule has 2 unspecified atom stereocenters. The third-order valence-corrected chi connectivity index (χ3v) is 5.17. The van der Waals surface area contributed by atoms with E-state index >= 15 is 0 Å². The molecule has 0 aromatic rings. The first-order valence-electron chi connectivity index (χ1n) is 10.6. The molecule has 2 atom stereocenters. The van der Waals surface area contributed by atoms with Crippen LogP contribution in [0.15, 0.2) is 0 Å². The summed E-state index contributed by atoms with van der Waals surface area (Å²) in [5, 5.41) is 0. The number of hydrogen-bond donors (Lipinski definition) is 0. The van der Waals surface area contributed by atoms with E-state index in [1.807, 2.05) is 0 Å². The number of carbonyl (C=O) groups is 5. The normalized spacial score (nSPS) is 13.0. The van der Waals surface area contributed by atoms with Gasteiger partial charge in [0.05, 0.1) is 0 Å². The van der Waals surface area contributed by atoms with Crippen LogP contribution in [-0.2, 0) is 24.0 Å². The highest BCUT2D eigenvalue weighted by Crippen LogP contribution is 2.23. The Labute approximate surface area is 170 Å². The van der Waals surface area contributed by atoms with Gasteiger partial charge in [0.1, 0.15) is 28.9 Å². The Hall–Kier alpha value is -1.65. The molecule has 0 saturated carbocycles. The minimum absolute atomic E-state index is 0.00528. The van der Waals surface area contributed by atoms with E-state index in [1.54, 1.807) is 13.8 Å². The Morgan fingerprint density at radius 3 is 1.39 bits per heavy atom. The Bertz CT molecular complexity index is 535. The van der Waals surface area contributed by atoms with Gasteiger partial charge in [-0.25, -0.2) is 0 Å². The SMILES string of the molecule is CC(=O)CCCCCC(CC(=O)C(CCCCCC(C)=O)CC(C)=O)C(C)=O. The first-order valence-corrected chi connectivity index (χ1v) is 10.6. The minimum Gasteiger partial charge on any atom is -0.300 e. The lowest BCUT2D eigenvalue weighted by molar-refractivity contribution is -0.131. The van der Waals surface area contributed by atoms with Gasteiger partial charge < -0.3 is 14.4 Å². The highest BCUT2D eigenvalue weighted by molar-refractivity contribution is 5.90. The lowest BCUT2D eigenvalue weighted by atomic mass is 9.84. The predicted octanol–water partition coefficient (Wildman–Crippen LogP) is 4.83. The zero-order valence-corrected chi connectivity index (χ0v) is 18.2. The number of ketones is 5. The topological polar surface area (TPSA) is 85.3 Å². The average molecular weight is 395 g/mol. The Kier molecular flexibility index (Phi) is 14.4. The van der Waals surface area contributed by atoms with Crippen LogP contribution in [0, 0.1) is 11.8 Å². The summed E-state index contributed by atoms with van der Waals surface area (Å²) in [6, 6.07) is 0. The fourth-order valence-electron chi connectivity index (χ4n) is 3.47. The molecule has 0 radical (unpaired) electrons. The highest BCUT2D eigenvalue weighted by atomic mass is 16.1. The second-order valence-corrected chi connectivity index (χ2v) is 8.18. The number of hydrogen-bond acceptors (Lipinski definition) is 5. The van der Waals surface area contributed by atoms with E-state index in [-0.39, 0.29) is 53.6 Å². The van der Waals surface area contributed by atoms with E-state index in [4.69, 9.17) is 0 Å². The van der Waals surface area contributed by atoms with Gasteiger partial charge in [0.2, 0.25) is 0 Å². The molecule has 5 heteroatoms. The summed E-state index contributed by atoms with van der Waals surface area (Å²) in [4.78, 5) is 58.2. The molecule has 0 bridgehead atoms. The standard InChI is InChI=1S/C23H38O5/c1-17(24)11-7-5-9-13-21(20(4)27)16-23(28)22(15-19(3)26)14-10-6-8-12-18(2)25/h21-22H,5-16H2,1-4H3. The van der Waals surface area contributed by atoms with Crippen molar-refractivity contribution in [3.63, 3.8) is 0 Å². The molecule has 0 heterocycles. The van der Waals surface area contributed by atoms with E-state index in [1.165, 1.54) is 13.8 Å². The van der Waals surface area contributed by atoms with Gasteiger partial charge in [0.15, 0.2) is 0 Å². The lowest BCUT2D eigenvalue weighted by Crippen LogP contribution is -2.23. The van der Waals surface area contributed by atoms with Gasteiger partial charge in [-0.05, 0) is 53.4 Å². The number of Topliss-reactive ketones (excluding diaryl/α,β-unsaturated/α-hetero) is 5. The Balaban J connectivity index is 4.53. The van der Waals surface area contributed by atoms with Crippen LogP contribution >= 0.6 is 0 Å². The zero-order chi connectivity index (χ0) is 21.5. The molecular weight excluding hydrogens is 356 g/mol. The molecule has 0 rings (SSSR count). The Morgan fingerprint density at radius 1 is 0.536 bits per heavy atom. The molecule has 0 saturated heterocycles. The molecular formula is C23H38O5. The van der Waals surface area contributed by atoms with E-state index < -0.39 is 0 Å². The van der Waals surface area contributed by atoms with Gasteiger partial charge >= 0.3 is 0 Å². The van der Waals surface area contributed by atoms with Crippen molar-refractivity contribution in [2.45, 2.75) is 105 Å². The van der Waals surface area contributed by atoms with E-state index in [0.717, 1.165) is 38.5 Å². The summed E-state index contributed by atoms with van der Waals surface area (Å²) in [5.41, 5.74) is 0. The van der Waals surface area contributed by atoms with Crippen molar-refractivity contribution in [1.82, 2.24) is 0 Å². The number of carbonyl (C=O) groups excluding carboxylic acids is 5. The summed E-state index contributed by atoms with van der Waals surface area (Å²) < 4.78 is 0. The third kappa shape index (κ3) is 14.4. The number of unbranched alkanes of at least 4 members (excludes halogenated alkanes) is 4. The van der Waals surface area contributed by atoms with Crippen LogP contribution in [0.5, 0.6) is 0 Å². The maximum Gasteiger partial charge on any atom is 0.137 e. The largest absolute Gasteiger partial charge is 0.300 e. The van der Waals surface area contributed by atoms with Crippen molar-refractivity contribution in [2.75, 3.05) is 0 Å². The molecule has 5 nitrogen and oxygen atoms in total. The van der Waals surface area contributed by atoms with Crippen LogP contribution in [0.25, 0.3) is 0 Å². The number of rotatable bonds is 18. The van der Waals surface area contributed by atoms with Crippen molar-refractivity contribution < 1.29 is 24.0 Å². The van der Waals surface area contributed by atoms with Crippen molar-refractivity contribution >= 4 is 28.9 Å². The summed E-state index contributed by atoms with van der Waals surface area (Å²) in [5.74, 6) is -0.261. The molecule has 0 amide bonds. The summed E-state index contributed by atoms with van der Waals surface area (Å²) >= 11 is 0. The molecule has 0 N–H and O–H groups in total. The van der Waals surface area contributed by atoms with Gasteiger partial charge in [0, 0.05) is 37.5 Å². The Morgan fingerprint density at radius 2 is 1.00 bits per heavy atom. The second kappa shape index (κ2) is 15.3. The van der Waals surface area contributed by atoms with Gasteiger partial charge in [-0.2, -0.15) is 0 Å². The lowest BCUT2D eigenvalue weighted by Gasteiger charge is -2.18. The van der Waals surface area contributed by atoms with Crippen LogP contribution < -0.4 is 0 Å². The molecule has 0 aliphatic rings. The molecule has 0 spiro atoms. The fourth-order valence-corrected chi connectivity index (χ4v) is 3.47. The van der Waals surface area contributed by atoms with E-state index in [9.17, 15) is 24.0 Å². The molecule has 160 valence electrons. The molecule has 28 heavy (non-hydrogen) atoms. The van der Waals surface area contributed by atoms with Crippen LogP contribution in [0.1, 0.15) is 105 Å². The molecule has 0 aliphatic carbocycles. The minimum atomic E-state index is -0.325. The molecule has 0 fully saturated rings. The second-order valence-electron chi connectivity index (χ2n) is 8.18. The van der Waals surface area contributed by atoms with E-state index in [0.29, 0.717) is 25.7 Å². The van der Waals surface area contributed by atoms with Crippen molar-refractivity contribution in [1.29, 1.82) is 0 Å². The van der Waals surface area contributed by atoms with Crippen LogP contribution in [0.2, 0.25) is 0 Å². The summed E-state index contributed by atoms with van der Waals surface area (Å²) in [6.07, 6.45) is 7.87. The van der Waals surface area contributed by atoms with Crippen LogP contribution in [-0.4, -0.2) is 28.9 Å². The van der Waals surface area contributed by atoms with Gasteiger partial charge in [-0.15, -0.1) is 0 Å². The van der Waals surface area contributed by atoms with Crippen LogP contribution in [0.4, 0.5) is 0 Å². The zero-order valence-electron chi connectivity index (χ0n) is 18.2. The van der Waals surface area contributed by atoms with Crippen LogP contribution in [0.3, 0.4) is 0 Å². The fraction of sp³-hybridized carbons (Fsp3) is 0.783. The smallest absolute Gasteiger partial charge is 0.137 e. The molecule has 0 aliphatic heterocycles. The third-order valence-electron chi connectivity index (χ3n) is 5.17. The van der Waals surface area contributed by atoms with Gasteiger partial charge in [-0.3, -0.25) is 9.59 Å². The monoisotopic (exact) mass is 394 g/mol. The van der Waals surface area contributed by atoms with Crippen molar-refractivity contribution in [3.05, 3.63) is 0 Å².